The minimum Gasteiger partial charge on any atom is -0.336 e. The molecule has 5 aromatic rings. The first-order chi connectivity index (χ1) is 14.4. The number of hydrogen-bond acceptors (Lipinski definition) is 5. The normalized spacial score (nSPS) is 14.6. The monoisotopic (exact) mass is 398 g/mol. The molecule has 29 heavy (non-hydrogen) atoms. The molecule has 0 fully saturated rings. The Morgan fingerprint density at radius 1 is 1.03 bits per heavy atom. The molecule has 1 aliphatic rings. The first kappa shape index (κ1) is 16.6. The van der Waals surface area contributed by atoms with Crippen LogP contribution in [0.2, 0.25) is 0 Å². The topological polar surface area (TPSA) is 82.3 Å². The van der Waals surface area contributed by atoms with Crippen LogP contribution in [0.25, 0.3) is 49.6 Å². The van der Waals surface area contributed by atoms with Crippen molar-refractivity contribution in [3.8, 4) is 22.1 Å². The molecule has 0 saturated heterocycles. The van der Waals surface area contributed by atoms with Crippen LogP contribution in [0.5, 0.6) is 0 Å². The number of imidazole rings is 1. The first-order valence-corrected chi connectivity index (χ1v) is 10.5. The van der Waals surface area contributed by atoms with Crippen LogP contribution in [0.15, 0.2) is 54.1 Å². The van der Waals surface area contributed by atoms with E-state index in [4.69, 9.17) is 4.98 Å². The summed E-state index contributed by atoms with van der Waals surface area (Å²) in [5.74, 6) is 0.758. The van der Waals surface area contributed by atoms with E-state index in [9.17, 15) is 0 Å². The molecule has 4 aromatic heterocycles. The molecule has 6 rings (SSSR count). The second-order valence-corrected chi connectivity index (χ2v) is 8.08. The molecule has 6 nitrogen and oxygen atoms in total. The predicted octanol–water partition coefficient (Wildman–Crippen LogP) is 4.61. The van der Waals surface area contributed by atoms with E-state index in [2.05, 4.69) is 61.2 Å². The molecule has 0 radical (unpaired) electrons. The van der Waals surface area contributed by atoms with Gasteiger partial charge in [-0.25, -0.2) is 4.98 Å². The van der Waals surface area contributed by atoms with E-state index >= 15 is 0 Å². The average molecular weight is 398 g/mol. The number of aromatic amines is 2. The summed E-state index contributed by atoms with van der Waals surface area (Å²) in [6.45, 7) is 1.94. The quantitative estimate of drug-likeness (QED) is 0.415. The molecule has 0 bridgehead atoms. The number of hydrogen-bond donors (Lipinski definition) is 3. The molecular formula is C22H18N6S. The predicted molar refractivity (Wildman–Crippen MR) is 118 cm³/mol. The largest absolute Gasteiger partial charge is 0.336 e. The van der Waals surface area contributed by atoms with Gasteiger partial charge < -0.3 is 10.3 Å². The van der Waals surface area contributed by atoms with E-state index in [1.807, 2.05) is 18.3 Å². The molecule has 0 aliphatic carbocycles. The lowest BCUT2D eigenvalue weighted by Crippen LogP contribution is -2.19. The summed E-state index contributed by atoms with van der Waals surface area (Å²) in [7, 11) is 0. The molecule has 0 saturated carbocycles. The Morgan fingerprint density at radius 3 is 2.90 bits per heavy atom. The van der Waals surface area contributed by atoms with Crippen LogP contribution in [0.4, 0.5) is 0 Å². The highest BCUT2D eigenvalue weighted by molar-refractivity contribution is 7.13. The molecule has 0 spiro atoms. The Bertz CT molecular complexity index is 1360. The zero-order valence-corrected chi connectivity index (χ0v) is 16.4. The highest BCUT2D eigenvalue weighted by atomic mass is 32.1. The zero-order chi connectivity index (χ0) is 19.2. The van der Waals surface area contributed by atoms with Gasteiger partial charge in [-0.1, -0.05) is 18.2 Å². The fourth-order valence-electron chi connectivity index (χ4n) is 3.92. The lowest BCUT2D eigenvalue weighted by molar-refractivity contribution is 0.739. The van der Waals surface area contributed by atoms with Crippen molar-refractivity contribution < 1.29 is 0 Å². The zero-order valence-electron chi connectivity index (χ0n) is 15.6. The van der Waals surface area contributed by atoms with Gasteiger partial charge in [0.1, 0.15) is 16.9 Å². The maximum Gasteiger partial charge on any atom is 0.159 e. The Kier molecular flexibility index (Phi) is 3.82. The van der Waals surface area contributed by atoms with Crippen molar-refractivity contribution >= 4 is 38.8 Å². The lowest BCUT2D eigenvalue weighted by Gasteiger charge is -2.14. The summed E-state index contributed by atoms with van der Waals surface area (Å²) >= 11 is 1.67. The van der Waals surface area contributed by atoms with E-state index in [0.29, 0.717) is 0 Å². The van der Waals surface area contributed by atoms with E-state index in [0.717, 1.165) is 63.5 Å². The second-order valence-electron chi connectivity index (χ2n) is 7.13. The van der Waals surface area contributed by atoms with E-state index in [-0.39, 0.29) is 0 Å². The highest BCUT2D eigenvalue weighted by Gasteiger charge is 2.17. The van der Waals surface area contributed by atoms with Gasteiger partial charge in [0, 0.05) is 18.1 Å². The summed E-state index contributed by atoms with van der Waals surface area (Å²) in [6, 6.07) is 12.6. The fourth-order valence-corrected chi connectivity index (χ4v) is 4.64. The molecule has 7 heteroatoms. The Balaban J connectivity index is 1.50. The molecule has 3 N–H and O–H groups in total. The van der Waals surface area contributed by atoms with E-state index in [1.165, 1.54) is 11.1 Å². The summed E-state index contributed by atoms with van der Waals surface area (Å²) in [6.07, 6.45) is 5.13. The minimum absolute atomic E-state index is 0.758. The minimum atomic E-state index is 0.758. The number of pyridine rings is 1. The first-order valence-electron chi connectivity index (χ1n) is 9.64. The summed E-state index contributed by atoms with van der Waals surface area (Å²) in [4.78, 5) is 14.0. The van der Waals surface area contributed by atoms with Crippen molar-refractivity contribution in [1.29, 1.82) is 0 Å². The lowest BCUT2D eigenvalue weighted by atomic mass is 9.98. The molecule has 0 atom stereocenters. The molecule has 142 valence electrons. The molecule has 0 unspecified atom stereocenters. The van der Waals surface area contributed by atoms with Crippen LogP contribution < -0.4 is 5.32 Å². The molecular weight excluding hydrogens is 380 g/mol. The molecule has 1 aliphatic heterocycles. The Morgan fingerprint density at radius 2 is 2.03 bits per heavy atom. The average Bonchev–Trinajstić information content (AvgIpc) is 3.52. The third kappa shape index (κ3) is 2.78. The van der Waals surface area contributed by atoms with Gasteiger partial charge in [0.2, 0.25) is 0 Å². The van der Waals surface area contributed by atoms with Crippen LogP contribution in [0, 0.1) is 0 Å². The fraction of sp³-hybridized carbons (Fsp3) is 0.136. The number of H-pyrrole nitrogens is 2. The second kappa shape index (κ2) is 6.65. The number of benzene rings is 1. The number of nitrogens with one attached hydrogen (secondary N) is 3. The Hall–Kier alpha value is -3.29. The number of rotatable bonds is 3. The number of fused-ring (bicyclic) bond motifs is 2. The van der Waals surface area contributed by atoms with Crippen molar-refractivity contribution in [2.45, 2.75) is 6.42 Å². The third-order valence-electron chi connectivity index (χ3n) is 5.38. The highest BCUT2D eigenvalue weighted by Crippen LogP contribution is 2.33. The van der Waals surface area contributed by atoms with Gasteiger partial charge in [-0.15, -0.1) is 11.3 Å². The van der Waals surface area contributed by atoms with Crippen LogP contribution in [0.3, 0.4) is 0 Å². The maximum atomic E-state index is 4.88. The summed E-state index contributed by atoms with van der Waals surface area (Å²) in [5.41, 5.74) is 7.22. The smallest absolute Gasteiger partial charge is 0.159 e. The van der Waals surface area contributed by atoms with Gasteiger partial charge in [-0.2, -0.15) is 5.10 Å². The van der Waals surface area contributed by atoms with Crippen LogP contribution in [0.1, 0.15) is 12.0 Å². The van der Waals surface area contributed by atoms with Crippen LogP contribution >= 0.6 is 11.3 Å². The van der Waals surface area contributed by atoms with Crippen LogP contribution in [-0.4, -0.2) is 38.2 Å². The van der Waals surface area contributed by atoms with Gasteiger partial charge in [0.15, 0.2) is 5.82 Å². The standard InChI is InChI=1S/C22H18N6S/c1-2-18(29-11-1)21-20-17(7-10-24-21)25-22(26-20)19-15-12-14(3-4-16(15)27-28-19)13-5-8-23-9-6-13/h1-5,7,10-12,23H,6,8-9H2,(H,25,26)(H,27,28). The molecule has 0 amide bonds. The SMILES string of the molecule is C1=C(c2ccc3[nH]nc(-c4nc5c(-c6cccs6)nccc5[nH]4)c3c2)CCNC1. The number of thiophene rings is 1. The van der Waals surface area contributed by atoms with Crippen molar-refractivity contribution in [2.24, 2.45) is 0 Å². The van der Waals surface area contributed by atoms with Gasteiger partial charge >= 0.3 is 0 Å². The van der Waals surface area contributed by atoms with Crippen molar-refractivity contribution in [3.05, 3.63) is 59.6 Å². The van der Waals surface area contributed by atoms with Gasteiger partial charge in [0.05, 0.1) is 15.9 Å². The number of aromatic nitrogens is 5. The summed E-state index contributed by atoms with van der Waals surface area (Å²) in [5, 5.41) is 14.2. The van der Waals surface area contributed by atoms with Crippen molar-refractivity contribution in [1.82, 2.24) is 30.5 Å². The van der Waals surface area contributed by atoms with Crippen molar-refractivity contribution in [3.63, 3.8) is 0 Å². The third-order valence-corrected chi connectivity index (χ3v) is 6.25. The van der Waals surface area contributed by atoms with Crippen molar-refractivity contribution in [2.75, 3.05) is 13.1 Å². The molecule has 1 aromatic carbocycles. The molecule has 5 heterocycles. The Labute approximate surface area is 170 Å². The van der Waals surface area contributed by atoms with Gasteiger partial charge in [-0.3, -0.25) is 10.1 Å². The number of nitrogens with zero attached hydrogens (tertiary/aromatic N) is 3. The maximum absolute atomic E-state index is 4.88. The summed E-state index contributed by atoms with van der Waals surface area (Å²) < 4.78 is 0. The van der Waals surface area contributed by atoms with E-state index < -0.39 is 0 Å². The van der Waals surface area contributed by atoms with E-state index in [1.54, 1.807) is 11.3 Å². The van der Waals surface area contributed by atoms with Gasteiger partial charge in [-0.05, 0) is 53.7 Å². The van der Waals surface area contributed by atoms with Crippen LogP contribution in [-0.2, 0) is 0 Å². The van der Waals surface area contributed by atoms with Gasteiger partial charge in [0.25, 0.3) is 0 Å².